The Balaban J connectivity index is 2.58. The van der Waals surface area contributed by atoms with Gasteiger partial charge in [-0.15, -0.1) is 0 Å². The number of rotatable bonds is 2. The number of hydrogen-bond acceptors (Lipinski definition) is 2. The van der Waals surface area contributed by atoms with Crippen LogP contribution in [0.25, 0.3) is 0 Å². The molecule has 1 rings (SSSR count). The summed E-state index contributed by atoms with van der Waals surface area (Å²) in [5.74, 6) is -2.21. The topological polar surface area (TPSA) is 49.3 Å². The van der Waals surface area contributed by atoms with Crippen LogP contribution < -0.4 is 5.32 Å². The van der Waals surface area contributed by atoms with Gasteiger partial charge in [0, 0.05) is 5.92 Å². The Labute approximate surface area is 62.4 Å². The third-order valence-electron chi connectivity index (χ3n) is 1.86. The minimum absolute atomic E-state index is 0.245. The Morgan fingerprint density at radius 1 is 1.64 bits per heavy atom. The fraction of sp³-hybridized carbons (Fsp3) is 0.833. The van der Waals surface area contributed by atoms with Crippen LogP contribution in [0.2, 0.25) is 0 Å². The lowest BCUT2D eigenvalue weighted by Crippen LogP contribution is -2.38. The van der Waals surface area contributed by atoms with Crippen LogP contribution in [0.1, 0.15) is 6.42 Å². The third-order valence-corrected chi connectivity index (χ3v) is 1.86. The number of aliphatic carboxylic acids is 1. The van der Waals surface area contributed by atoms with Crippen LogP contribution in [0.4, 0.5) is 8.78 Å². The molecule has 0 aliphatic carbocycles. The van der Waals surface area contributed by atoms with E-state index in [0.29, 0.717) is 6.54 Å². The van der Waals surface area contributed by atoms with Gasteiger partial charge in [0.05, 0.1) is 0 Å². The highest BCUT2D eigenvalue weighted by Crippen LogP contribution is 2.22. The monoisotopic (exact) mass is 165 g/mol. The summed E-state index contributed by atoms with van der Waals surface area (Å²) in [5.41, 5.74) is 0. The summed E-state index contributed by atoms with van der Waals surface area (Å²) >= 11 is 0. The van der Waals surface area contributed by atoms with E-state index in [0.717, 1.165) is 0 Å². The van der Waals surface area contributed by atoms with E-state index in [4.69, 9.17) is 5.11 Å². The van der Waals surface area contributed by atoms with Crippen molar-refractivity contribution in [1.29, 1.82) is 0 Å². The Hall–Kier alpha value is -0.710. The summed E-state index contributed by atoms with van der Waals surface area (Å²) in [4.78, 5) is 10.3. The molecule has 0 radical (unpaired) electrons. The molecule has 0 aromatic carbocycles. The van der Waals surface area contributed by atoms with Crippen molar-refractivity contribution in [2.24, 2.45) is 5.92 Å². The second kappa shape index (κ2) is 3.13. The van der Waals surface area contributed by atoms with Gasteiger partial charge < -0.3 is 10.4 Å². The summed E-state index contributed by atoms with van der Waals surface area (Å²) in [7, 11) is 0. The van der Waals surface area contributed by atoms with Gasteiger partial charge in [0.1, 0.15) is 6.04 Å². The molecule has 1 aliphatic heterocycles. The standard InChI is InChI=1S/C6H9F2NO2/c7-5(8)3-1-2-9-4(3)6(10)11/h3-5,9H,1-2H2,(H,10,11). The average Bonchev–Trinajstić information content (AvgIpc) is 2.32. The molecule has 2 N–H and O–H groups in total. The highest BCUT2D eigenvalue weighted by molar-refractivity contribution is 5.74. The van der Waals surface area contributed by atoms with Crippen molar-refractivity contribution >= 4 is 5.97 Å². The fourth-order valence-corrected chi connectivity index (χ4v) is 1.27. The molecule has 11 heavy (non-hydrogen) atoms. The van der Waals surface area contributed by atoms with Gasteiger partial charge in [-0.3, -0.25) is 4.79 Å². The summed E-state index contributed by atoms with van der Waals surface area (Å²) in [6, 6.07) is -1.06. The fourth-order valence-electron chi connectivity index (χ4n) is 1.27. The first-order valence-electron chi connectivity index (χ1n) is 3.37. The Kier molecular flexibility index (Phi) is 2.38. The maximum Gasteiger partial charge on any atom is 0.321 e. The molecule has 5 heteroatoms. The van der Waals surface area contributed by atoms with Crippen LogP contribution in [0.3, 0.4) is 0 Å². The molecule has 1 heterocycles. The van der Waals surface area contributed by atoms with Gasteiger partial charge in [-0.05, 0) is 13.0 Å². The summed E-state index contributed by atoms with van der Waals surface area (Å²) in [6.07, 6.45) is -2.29. The molecule has 1 saturated heterocycles. The maximum absolute atomic E-state index is 12.0. The van der Waals surface area contributed by atoms with E-state index in [1.54, 1.807) is 0 Å². The molecule has 0 amide bonds. The molecular weight excluding hydrogens is 156 g/mol. The molecule has 0 aromatic heterocycles. The maximum atomic E-state index is 12.0. The number of carboxylic acids is 1. The van der Waals surface area contributed by atoms with E-state index in [2.05, 4.69) is 5.32 Å². The van der Waals surface area contributed by atoms with Crippen molar-refractivity contribution in [3.8, 4) is 0 Å². The SMILES string of the molecule is O=C(O)C1NCCC1C(F)F. The van der Waals surface area contributed by atoms with Crippen molar-refractivity contribution in [3.05, 3.63) is 0 Å². The molecule has 2 unspecified atom stereocenters. The van der Waals surface area contributed by atoms with Gasteiger partial charge in [0.2, 0.25) is 6.43 Å². The van der Waals surface area contributed by atoms with Crippen molar-refractivity contribution in [3.63, 3.8) is 0 Å². The van der Waals surface area contributed by atoms with Crippen molar-refractivity contribution in [2.75, 3.05) is 6.54 Å². The molecule has 64 valence electrons. The lowest BCUT2D eigenvalue weighted by molar-refractivity contribution is -0.141. The quantitative estimate of drug-likeness (QED) is 0.619. The molecule has 1 aliphatic rings. The van der Waals surface area contributed by atoms with E-state index in [-0.39, 0.29) is 6.42 Å². The zero-order valence-electron chi connectivity index (χ0n) is 5.76. The Morgan fingerprint density at radius 3 is 2.64 bits per heavy atom. The molecule has 0 aromatic rings. The number of alkyl halides is 2. The first kappa shape index (κ1) is 8.39. The van der Waals surface area contributed by atoms with Gasteiger partial charge in [-0.2, -0.15) is 0 Å². The number of nitrogens with one attached hydrogen (secondary N) is 1. The first-order valence-corrected chi connectivity index (χ1v) is 3.37. The molecule has 0 saturated carbocycles. The van der Waals surface area contributed by atoms with Crippen LogP contribution in [-0.2, 0) is 4.79 Å². The van der Waals surface area contributed by atoms with E-state index in [1.165, 1.54) is 0 Å². The number of hydrogen-bond donors (Lipinski definition) is 2. The van der Waals surface area contributed by atoms with E-state index >= 15 is 0 Å². The minimum Gasteiger partial charge on any atom is -0.480 e. The highest BCUT2D eigenvalue weighted by Gasteiger charge is 2.38. The normalized spacial score (nSPS) is 31.2. The zero-order chi connectivity index (χ0) is 8.43. The molecule has 0 bridgehead atoms. The van der Waals surface area contributed by atoms with Crippen LogP contribution in [0, 0.1) is 5.92 Å². The van der Waals surface area contributed by atoms with Crippen molar-refractivity contribution in [1.82, 2.24) is 5.32 Å². The smallest absolute Gasteiger partial charge is 0.321 e. The largest absolute Gasteiger partial charge is 0.480 e. The van der Waals surface area contributed by atoms with Gasteiger partial charge >= 0.3 is 5.97 Å². The van der Waals surface area contributed by atoms with E-state index in [1.807, 2.05) is 0 Å². The Bertz CT molecular complexity index is 163. The van der Waals surface area contributed by atoms with E-state index < -0.39 is 24.4 Å². The zero-order valence-corrected chi connectivity index (χ0v) is 5.76. The van der Waals surface area contributed by atoms with Crippen molar-refractivity contribution < 1.29 is 18.7 Å². The summed E-state index contributed by atoms with van der Waals surface area (Å²) in [6.45, 7) is 0.367. The summed E-state index contributed by atoms with van der Waals surface area (Å²) < 4.78 is 24.1. The average molecular weight is 165 g/mol. The summed E-state index contributed by atoms with van der Waals surface area (Å²) in [5, 5.41) is 10.9. The third kappa shape index (κ3) is 1.65. The molecule has 1 fully saturated rings. The second-order valence-corrected chi connectivity index (χ2v) is 2.56. The molecular formula is C6H9F2NO2. The number of carboxylic acid groups (broad SMARTS) is 1. The predicted molar refractivity (Wildman–Crippen MR) is 33.5 cm³/mol. The lowest BCUT2D eigenvalue weighted by atomic mass is 10.0. The lowest BCUT2D eigenvalue weighted by Gasteiger charge is -2.13. The minimum atomic E-state index is -2.54. The van der Waals surface area contributed by atoms with Crippen LogP contribution in [0.15, 0.2) is 0 Å². The second-order valence-electron chi connectivity index (χ2n) is 2.56. The van der Waals surface area contributed by atoms with E-state index in [9.17, 15) is 13.6 Å². The van der Waals surface area contributed by atoms with Gasteiger partial charge in [-0.1, -0.05) is 0 Å². The van der Waals surface area contributed by atoms with Crippen LogP contribution in [0.5, 0.6) is 0 Å². The molecule has 2 atom stereocenters. The van der Waals surface area contributed by atoms with Gasteiger partial charge in [-0.25, -0.2) is 8.78 Å². The number of carbonyl (C=O) groups is 1. The van der Waals surface area contributed by atoms with Gasteiger partial charge in [0.15, 0.2) is 0 Å². The molecule has 0 spiro atoms. The first-order chi connectivity index (χ1) is 5.13. The predicted octanol–water partition coefficient (Wildman–Crippen LogP) is 0.314. The Morgan fingerprint density at radius 2 is 2.27 bits per heavy atom. The van der Waals surface area contributed by atoms with Crippen molar-refractivity contribution in [2.45, 2.75) is 18.9 Å². The molecule has 3 nitrogen and oxygen atoms in total. The van der Waals surface area contributed by atoms with Gasteiger partial charge in [0.25, 0.3) is 0 Å². The highest BCUT2D eigenvalue weighted by atomic mass is 19.3. The number of halogens is 2. The van der Waals surface area contributed by atoms with Crippen LogP contribution in [-0.4, -0.2) is 30.1 Å². The van der Waals surface area contributed by atoms with Crippen LogP contribution >= 0.6 is 0 Å².